The molecule has 0 heterocycles. The Bertz CT molecular complexity index is 472. The molecule has 4 nitrogen and oxygen atoms in total. The molecule has 0 saturated carbocycles. The molecule has 1 aromatic carbocycles. The van der Waals surface area contributed by atoms with Gasteiger partial charge in [-0.25, -0.2) is 4.79 Å². The van der Waals surface area contributed by atoms with Crippen LogP contribution in [0.15, 0.2) is 30.3 Å². The monoisotopic (exact) mass is 231 g/mol. The largest absolute Gasteiger partial charge is 0.466 e. The van der Waals surface area contributed by atoms with Gasteiger partial charge in [-0.3, -0.25) is 0 Å². The van der Waals surface area contributed by atoms with E-state index in [1.807, 2.05) is 12.1 Å². The van der Waals surface area contributed by atoms with Crippen molar-refractivity contribution in [1.82, 2.24) is 0 Å². The van der Waals surface area contributed by atoms with Crippen molar-refractivity contribution in [3.05, 3.63) is 41.5 Å². The quantitative estimate of drug-likeness (QED) is 0.585. The summed E-state index contributed by atoms with van der Waals surface area (Å²) < 4.78 is 9.59. The third-order valence-electron chi connectivity index (χ3n) is 2.16. The maximum absolute atomic E-state index is 11.2. The third-order valence-corrected chi connectivity index (χ3v) is 2.16. The Morgan fingerprint density at radius 3 is 2.82 bits per heavy atom. The Kier molecular flexibility index (Phi) is 4.92. The first-order valence-corrected chi connectivity index (χ1v) is 4.99. The molecule has 0 bridgehead atoms. The first-order valence-electron chi connectivity index (χ1n) is 4.99. The van der Waals surface area contributed by atoms with Gasteiger partial charge < -0.3 is 9.47 Å². The SMILES string of the molecule is COC/C(=C/C(=O)OC)c1cccc(C#N)c1. The van der Waals surface area contributed by atoms with E-state index >= 15 is 0 Å². The summed E-state index contributed by atoms with van der Waals surface area (Å²) in [5.74, 6) is -0.445. The summed E-state index contributed by atoms with van der Waals surface area (Å²) in [6, 6.07) is 9.02. The lowest BCUT2D eigenvalue weighted by atomic mass is 10.0. The van der Waals surface area contributed by atoms with Crippen LogP contribution in [0.4, 0.5) is 0 Å². The van der Waals surface area contributed by atoms with Gasteiger partial charge in [0, 0.05) is 13.2 Å². The van der Waals surface area contributed by atoms with Crippen LogP contribution in [-0.4, -0.2) is 26.8 Å². The average molecular weight is 231 g/mol. The smallest absolute Gasteiger partial charge is 0.330 e. The Morgan fingerprint density at radius 2 is 2.24 bits per heavy atom. The molecule has 4 heteroatoms. The van der Waals surface area contributed by atoms with Crippen molar-refractivity contribution < 1.29 is 14.3 Å². The molecule has 0 saturated heterocycles. The van der Waals surface area contributed by atoms with E-state index in [-0.39, 0.29) is 6.61 Å². The van der Waals surface area contributed by atoms with Gasteiger partial charge in [-0.2, -0.15) is 5.26 Å². The molecule has 0 amide bonds. The van der Waals surface area contributed by atoms with Gasteiger partial charge in [0.1, 0.15) is 0 Å². The van der Waals surface area contributed by atoms with Gasteiger partial charge in [0.2, 0.25) is 0 Å². The minimum Gasteiger partial charge on any atom is -0.466 e. The van der Waals surface area contributed by atoms with E-state index in [1.165, 1.54) is 13.2 Å². The lowest BCUT2D eigenvalue weighted by Crippen LogP contribution is -2.01. The molecular weight excluding hydrogens is 218 g/mol. The fourth-order valence-corrected chi connectivity index (χ4v) is 1.35. The zero-order valence-corrected chi connectivity index (χ0v) is 9.77. The zero-order chi connectivity index (χ0) is 12.7. The molecule has 0 aliphatic rings. The average Bonchev–Trinajstić information content (AvgIpc) is 2.38. The van der Waals surface area contributed by atoms with Crippen LogP contribution in [0.2, 0.25) is 0 Å². The highest BCUT2D eigenvalue weighted by Crippen LogP contribution is 2.16. The van der Waals surface area contributed by atoms with Gasteiger partial charge >= 0.3 is 5.97 Å². The fourth-order valence-electron chi connectivity index (χ4n) is 1.35. The maximum Gasteiger partial charge on any atom is 0.330 e. The van der Waals surface area contributed by atoms with Crippen molar-refractivity contribution in [1.29, 1.82) is 5.26 Å². The van der Waals surface area contributed by atoms with Crippen LogP contribution in [0.1, 0.15) is 11.1 Å². The van der Waals surface area contributed by atoms with Gasteiger partial charge in [-0.1, -0.05) is 12.1 Å². The van der Waals surface area contributed by atoms with E-state index in [2.05, 4.69) is 4.74 Å². The van der Waals surface area contributed by atoms with Crippen LogP contribution in [-0.2, 0) is 14.3 Å². The molecule has 88 valence electrons. The van der Waals surface area contributed by atoms with Gasteiger partial charge in [0.15, 0.2) is 0 Å². The molecular formula is C13H13NO3. The molecule has 17 heavy (non-hydrogen) atoms. The first-order chi connectivity index (χ1) is 8.21. The van der Waals surface area contributed by atoms with Gasteiger partial charge in [0.05, 0.1) is 25.3 Å². The number of carbonyl (C=O) groups is 1. The van der Waals surface area contributed by atoms with Crippen molar-refractivity contribution >= 4 is 11.5 Å². The molecule has 0 aliphatic heterocycles. The first kappa shape index (κ1) is 12.9. The normalized spacial score (nSPS) is 10.8. The summed E-state index contributed by atoms with van der Waals surface area (Å²) in [4.78, 5) is 11.2. The Hall–Kier alpha value is -2.12. The number of hydrogen-bond acceptors (Lipinski definition) is 4. The number of esters is 1. The number of methoxy groups -OCH3 is 2. The summed E-state index contributed by atoms with van der Waals surface area (Å²) in [7, 11) is 2.86. The van der Waals surface area contributed by atoms with E-state index in [9.17, 15) is 4.79 Å². The number of hydrogen-bond donors (Lipinski definition) is 0. The summed E-state index contributed by atoms with van der Waals surface area (Å²) in [5.41, 5.74) is 1.99. The van der Waals surface area contributed by atoms with E-state index in [0.717, 1.165) is 5.56 Å². The van der Waals surface area contributed by atoms with Crippen molar-refractivity contribution in [2.24, 2.45) is 0 Å². The van der Waals surface area contributed by atoms with Crippen molar-refractivity contribution in [3.63, 3.8) is 0 Å². The van der Waals surface area contributed by atoms with Crippen LogP contribution < -0.4 is 0 Å². The van der Waals surface area contributed by atoms with Gasteiger partial charge in [-0.15, -0.1) is 0 Å². The molecule has 0 N–H and O–H groups in total. The number of nitrogens with zero attached hydrogens (tertiary/aromatic N) is 1. The second kappa shape index (κ2) is 6.46. The predicted octanol–water partition coefficient (Wildman–Crippen LogP) is 1.76. The Balaban J connectivity index is 3.09. The van der Waals surface area contributed by atoms with Crippen LogP contribution in [0.3, 0.4) is 0 Å². The maximum atomic E-state index is 11.2. The minimum absolute atomic E-state index is 0.282. The minimum atomic E-state index is -0.445. The van der Waals surface area contributed by atoms with Crippen LogP contribution in [0.5, 0.6) is 0 Å². The molecule has 0 spiro atoms. The number of rotatable bonds is 4. The third kappa shape index (κ3) is 3.74. The predicted molar refractivity (Wildman–Crippen MR) is 63.0 cm³/mol. The lowest BCUT2D eigenvalue weighted by Gasteiger charge is -2.06. The van der Waals surface area contributed by atoms with E-state index in [4.69, 9.17) is 10.00 Å². The topological polar surface area (TPSA) is 59.3 Å². The number of ether oxygens (including phenoxy) is 2. The number of carbonyl (C=O) groups excluding carboxylic acids is 1. The molecule has 1 aromatic rings. The Labute approximate surface area is 100 Å². The molecule has 0 unspecified atom stereocenters. The zero-order valence-electron chi connectivity index (χ0n) is 9.77. The fraction of sp³-hybridized carbons (Fsp3) is 0.231. The lowest BCUT2D eigenvalue weighted by molar-refractivity contribution is -0.134. The molecule has 0 atom stereocenters. The summed E-state index contributed by atoms with van der Waals surface area (Å²) in [6.45, 7) is 0.282. The summed E-state index contributed by atoms with van der Waals surface area (Å²) >= 11 is 0. The van der Waals surface area contributed by atoms with Crippen LogP contribution >= 0.6 is 0 Å². The van der Waals surface area contributed by atoms with Crippen LogP contribution in [0.25, 0.3) is 5.57 Å². The summed E-state index contributed by atoms with van der Waals surface area (Å²) in [5, 5.41) is 8.81. The molecule has 0 fully saturated rings. The standard InChI is InChI=1S/C13H13NO3/c1-16-9-12(7-13(15)17-2)11-5-3-4-10(6-11)8-14/h3-7H,9H2,1-2H3/b12-7-. The molecule has 0 radical (unpaired) electrons. The van der Waals surface area contributed by atoms with Crippen molar-refractivity contribution in [2.45, 2.75) is 0 Å². The summed E-state index contributed by atoms with van der Waals surface area (Å²) in [6.07, 6.45) is 1.36. The van der Waals surface area contributed by atoms with E-state index in [0.29, 0.717) is 11.1 Å². The van der Waals surface area contributed by atoms with Crippen molar-refractivity contribution in [3.8, 4) is 6.07 Å². The van der Waals surface area contributed by atoms with E-state index in [1.54, 1.807) is 25.3 Å². The molecule has 1 rings (SSSR count). The van der Waals surface area contributed by atoms with E-state index < -0.39 is 5.97 Å². The Morgan fingerprint density at radius 1 is 1.47 bits per heavy atom. The highest BCUT2D eigenvalue weighted by Gasteiger charge is 2.05. The number of nitriles is 1. The highest BCUT2D eigenvalue weighted by atomic mass is 16.5. The number of benzene rings is 1. The van der Waals surface area contributed by atoms with Crippen LogP contribution in [0, 0.1) is 11.3 Å². The highest BCUT2D eigenvalue weighted by molar-refractivity contribution is 5.91. The van der Waals surface area contributed by atoms with Gasteiger partial charge in [0.25, 0.3) is 0 Å². The second-order valence-corrected chi connectivity index (χ2v) is 3.32. The van der Waals surface area contributed by atoms with Gasteiger partial charge in [-0.05, 0) is 23.3 Å². The second-order valence-electron chi connectivity index (χ2n) is 3.32. The molecule has 0 aliphatic carbocycles. The van der Waals surface area contributed by atoms with Crippen molar-refractivity contribution in [2.75, 3.05) is 20.8 Å². The molecule has 0 aromatic heterocycles.